The summed E-state index contributed by atoms with van der Waals surface area (Å²) in [4.78, 5) is 7.90. The van der Waals surface area contributed by atoms with Crippen molar-refractivity contribution in [2.24, 2.45) is 0 Å². The minimum atomic E-state index is 0. The van der Waals surface area contributed by atoms with Gasteiger partial charge in [-0.15, -0.1) is 48.1 Å². The summed E-state index contributed by atoms with van der Waals surface area (Å²) in [6, 6.07) is 7.99. The van der Waals surface area contributed by atoms with Crippen LogP contribution in [0.1, 0.15) is 30.9 Å². The zero-order valence-corrected chi connectivity index (χ0v) is 19.4. The number of allylic oxidation sites excluding steroid dienone is 8. The van der Waals surface area contributed by atoms with Crippen LogP contribution in [0, 0.1) is 19.1 Å². The van der Waals surface area contributed by atoms with Gasteiger partial charge in [-0.3, -0.25) is 9.97 Å². The van der Waals surface area contributed by atoms with Crippen molar-refractivity contribution in [3.05, 3.63) is 104 Å². The first-order valence-electron chi connectivity index (χ1n) is 8.00. The van der Waals surface area contributed by atoms with E-state index in [-0.39, 0.29) is 51.0 Å². The number of rotatable bonds is 2. The van der Waals surface area contributed by atoms with Gasteiger partial charge < -0.3 is 6.92 Å². The number of hydrogen-bond acceptors (Lipinski definition) is 2. The Morgan fingerprint density at radius 2 is 1.04 bits per heavy atom. The molecule has 0 aromatic carbocycles. The summed E-state index contributed by atoms with van der Waals surface area (Å²) in [5.41, 5.74) is 4.78. The van der Waals surface area contributed by atoms with Crippen LogP contribution in [0.4, 0.5) is 0 Å². The largest absolute Gasteiger partial charge is 3.00 e. The first kappa shape index (κ1) is 27.9. The molecular formula is C22H23Cl2N2Zr. The number of pyridine rings is 2. The minimum absolute atomic E-state index is 0. The monoisotopic (exact) mass is 475 g/mol. The standard InChI is InChI=1S/2C10H8N.C2H5.2ClH.Zr/c2*1-2-4-9(3-1)10-5-7-11-8-6-10;1-2;;;/h2*1,3,5-8H,2H2;1H2,2H3;2*1H;/q3*-1;;;+3. The Hall–Kier alpha value is -1.28. The fourth-order valence-electron chi connectivity index (χ4n) is 2.27. The van der Waals surface area contributed by atoms with E-state index >= 15 is 0 Å². The third-order valence-electron chi connectivity index (χ3n) is 3.37. The molecule has 0 bridgehead atoms. The van der Waals surface area contributed by atoms with E-state index < -0.39 is 0 Å². The van der Waals surface area contributed by atoms with Crippen molar-refractivity contribution in [2.75, 3.05) is 0 Å². The fourth-order valence-corrected chi connectivity index (χ4v) is 2.27. The summed E-state index contributed by atoms with van der Waals surface area (Å²) >= 11 is 0. The van der Waals surface area contributed by atoms with Crippen LogP contribution >= 0.6 is 24.8 Å². The summed E-state index contributed by atoms with van der Waals surface area (Å²) < 4.78 is 0. The van der Waals surface area contributed by atoms with Gasteiger partial charge in [-0.05, 0) is 0 Å². The van der Waals surface area contributed by atoms with Crippen LogP contribution in [-0.2, 0) is 26.2 Å². The number of halogens is 2. The van der Waals surface area contributed by atoms with Crippen molar-refractivity contribution in [2.45, 2.75) is 19.8 Å². The smallest absolute Gasteiger partial charge is 0.346 e. The molecule has 0 amide bonds. The Labute approximate surface area is 194 Å². The third-order valence-corrected chi connectivity index (χ3v) is 3.37. The molecule has 2 heterocycles. The Bertz CT molecular complexity index is 674. The van der Waals surface area contributed by atoms with Crippen LogP contribution in [0.15, 0.2) is 73.4 Å². The maximum absolute atomic E-state index is 3.95. The molecule has 1 radical (unpaired) electrons. The number of nitrogens with zero attached hydrogens (tertiary/aromatic N) is 2. The maximum Gasteiger partial charge on any atom is 3.00 e. The Morgan fingerprint density at radius 1 is 0.704 bits per heavy atom. The van der Waals surface area contributed by atoms with Gasteiger partial charge in [0.05, 0.1) is 0 Å². The molecule has 2 nitrogen and oxygen atoms in total. The molecule has 0 N–H and O–H groups in total. The Kier molecular flexibility index (Phi) is 17.5. The molecular weight excluding hydrogens is 454 g/mol. The van der Waals surface area contributed by atoms with Gasteiger partial charge in [0.1, 0.15) is 0 Å². The van der Waals surface area contributed by atoms with Crippen molar-refractivity contribution in [1.82, 2.24) is 9.97 Å². The van der Waals surface area contributed by atoms with Crippen LogP contribution in [0.2, 0.25) is 0 Å². The topological polar surface area (TPSA) is 25.8 Å². The molecule has 0 unspecified atom stereocenters. The molecule has 0 fully saturated rings. The third kappa shape index (κ3) is 9.47. The van der Waals surface area contributed by atoms with Crippen molar-refractivity contribution in [3.63, 3.8) is 0 Å². The first-order chi connectivity index (χ1) is 11.9. The van der Waals surface area contributed by atoms with Crippen LogP contribution in [0.25, 0.3) is 11.1 Å². The molecule has 0 saturated heterocycles. The molecule has 5 heteroatoms. The van der Waals surface area contributed by atoms with Crippen LogP contribution in [-0.4, -0.2) is 9.97 Å². The Balaban J connectivity index is 0. The predicted octanol–water partition coefficient (Wildman–Crippen LogP) is 6.14. The SMILES string of the molecule is Cl.Cl.[C-]1=C(c2ccncc2)C=CC1.[C-]1=C(c2ccncc2)C=CC1.[CH2-]C.[Zr+3]. The van der Waals surface area contributed by atoms with E-state index in [1.165, 1.54) is 22.3 Å². The van der Waals surface area contributed by atoms with Crippen LogP contribution < -0.4 is 0 Å². The first-order valence-corrected chi connectivity index (χ1v) is 8.00. The van der Waals surface area contributed by atoms with Crippen molar-refractivity contribution in [3.8, 4) is 0 Å². The van der Waals surface area contributed by atoms with E-state index in [9.17, 15) is 0 Å². The number of hydrogen-bond donors (Lipinski definition) is 0. The minimum Gasteiger partial charge on any atom is -0.346 e. The van der Waals surface area contributed by atoms with Gasteiger partial charge in [0.25, 0.3) is 0 Å². The van der Waals surface area contributed by atoms with Crippen molar-refractivity contribution >= 4 is 36.0 Å². The molecule has 0 aliphatic heterocycles. The molecule has 0 spiro atoms. The van der Waals surface area contributed by atoms with Gasteiger partial charge >= 0.3 is 26.2 Å². The Morgan fingerprint density at radius 3 is 1.30 bits per heavy atom. The molecule has 0 saturated carbocycles. The summed E-state index contributed by atoms with van der Waals surface area (Å²) in [5, 5.41) is 0. The molecule has 2 aromatic heterocycles. The molecule has 2 aliphatic carbocycles. The fraction of sp³-hybridized carbons (Fsp3) is 0.136. The molecule has 4 rings (SSSR count). The molecule has 27 heavy (non-hydrogen) atoms. The molecule has 139 valence electrons. The second-order valence-electron chi connectivity index (χ2n) is 4.87. The van der Waals surface area contributed by atoms with E-state index in [4.69, 9.17) is 0 Å². The average Bonchev–Trinajstić information content (AvgIpc) is 3.39. The van der Waals surface area contributed by atoms with Crippen molar-refractivity contribution < 1.29 is 26.2 Å². The summed E-state index contributed by atoms with van der Waals surface area (Å²) in [5.74, 6) is 0. The van der Waals surface area contributed by atoms with Crippen LogP contribution in [0.5, 0.6) is 0 Å². The van der Waals surface area contributed by atoms with Gasteiger partial charge in [0.15, 0.2) is 0 Å². The van der Waals surface area contributed by atoms with Crippen molar-refractivity contribution in [1.29, 1.82) is 0 Å². The molecule has 2 aliphatic rings. The van der Waals surface area contributed by atoms with E-state index in [0.29, 0.717) is 0 Å². The summed E-state index contributed by atoms with van der Waals surface area (Å²) in [7, 11) is 0. The maximum atomic E-state index is 3.95. The average molecular weight is 478 g/mol. The zero-order valence-electron chi connectivity index (χ0n) is 15.3. The van der Waals surface area contributed by atoms with E-state index in [1.807, 2.05) is 24.3 Å². The van der Waals surface area contributed by atoms with Gasteiger partial charge in [0.2, 0.25) is 0 Å². The van der Waals surface area contributed by atoms with E-state index in [0.717, 1.165) is 12.8 Å². The second-order valence-corrected chi connectivity index (χ2v) is 4.87. The summed E-state index contributed by atoms with van der Waals surface area (Å²) in [6.07, 6.45) is 24.0. The predicted molar refractivity (Wildman–Crippen MR) is 115 cm³/mol. The molecule has 0 atom stereocenters. The molecule has 2 aromatic rings. The van der Waals surface area contributed by atoms with Gasteiger partial charge in [-0.25, -0.2) is 0 Å². The quantitative estimate of drug-likeness (QED) is 0.486. The van der Waals surface area contributed by atoms with Gasteiger partial charge in [-0.1, -0.05) is 37.1 Å². The van der Waals surface area contributed by atoms with Crippen LogP contribution in [0.3, 0.4) is 0 Å². The number of aromatic nitrogens is 2. The van der Waals surface area contributed by atoms with E-state index in [2.05, 4.69) is 53.3 Å². The van der Waals surface area contributed by atoms with Gasteiger partial charge in [0, 0.05) is 24.8 Å². The summed E-state index contributed by atoms with van der Waals surface area (Å²) in [6.45, 7) is 5.00. The van der Waals surface area contributed by atoms with Gasteiger partial charge in [-0.2, -0.15) is 42.4 Å². The van der Waals surface area contributed by atoms with E-state index in [1.54, 1.807) is 31.7 Å². The second kappa shape index (κ2) is 16.9. The normalized spacial score (nSPS) is 12.5. The zero-order chi connectivity index (χ0) is 17.0.